The normalized spacial score (nSPS) is 15.1. The second-order valence-electron chi connectivity index (χ2n) is 9.07. The van der Waals surface area contributed by atoms with Gasteiger partial charge >= 0.3 is 0 Å². The number of nitrogens with zero attached hydrogens (tertiary/aromatic N) is 2. The third-order valence-electron chi connectivity index (χ3n) is 6.32. The van der Waals surface area contributed by atoms with Crippen molar-refractivity contribution in [3.05, 3.63) is 112 Å². The summed E-state index contributed by atoms with van der Waals surface area (Å²) in [6.45, 7) is 1.83. The molecule has 0 N–H and O–H groups in total. The van der Waals surface area contributed by atoms with Crippen LogP contribution in [0.15, 0.2) is 88.1 Å². The highest BCUT2D eigenvalue weighted by atomic mass is 16.5. The lowest BCUT2D eigenvalue weighted by Gasteiger charge is -2.26. The van der Waals surface area contributed by atoms with Crippen LogP contribution >= 0.6 is 0 Å². The third-order valence-corrected chi connectivity index (χ3v) is 6.32. The lowest BCUT2D eigenvalue weighted by molar-refractivity contribution is 0.0722. The molecule has 1 atom stereocenters. The molecule has 3 aromatic carbocycles. The average Bonchev–Trinajstić information content (AvgIpc) is 3.15. The Labute approximate surface area is 204 Å². The van der Waals surface area contributed by atoms with Crippen molar-refractivity contribution in [2.45, 2.75) is 19.1 Å². The highest BCUT2D eigenvalue weighted by Gasteiger charge is 2.42. The van der Waals surface area contributed by atoms with Gasteiger partial charge in [-0.3, -0.25) is 9.59 Å². The van der Waals surface area contributed by atoms with E-state index in [4.69, 9.17) is 9.15 Å². The summed E-state index contributed by atoms with van der Waals surface area (Å²) in [6.07, 6.45) is 0.787. The molecule has 6 nitrogen and oxygen atoms in total. The van der Waals surface area contributed by atoms with Gasteiger partial charge < -0.3 is 19.0 Å². The Hall–Kier alpha value is -3.90. The molecule has 0 fully saturated rings. The zero-order valence-electron chi connectivity index (χ0n) is 19.9. The van der Waals surface area contributed by atoms with Crippen LogP contribution in [0.2, 0.25) is 0 Å². The Morgan fingerprint density at radius 2 is 1.63 bits per heavy atom. The zero-order valence-corrected chi connectivity index (χ0v) is 19.9. The van der Waals surface area contributed by atoms with E-state index in [1.807, 2.05) is 74.8 Å². The maximum atomic E-state index is 13.5. The summed E-state index contributed by atoms with van der Waals surface area (Å²) in [5, 5.41) is 0.488. The molecule has 0 aliphatic carbocycles. The van der Waals surface area contributed by atoms with Crippen LogP contribution in [-0.4, -0.2) is 42.9 Å². The van der Waals surface area contributed by atoms with E-state index in [0.717, 1.165) is 29.8 Å². The minimum absolute atomic E-state index is 0.146. The molecule has 1 aromatic heterocycles. The van der Waals surface area contributed by atoms with E-state index >= 15 is 0 Å². The van der Waals surface area contributed by atoms with Gasteiger partial charge in [-0.1, -0.05) is 54.6 Å². The van der Waals surface area contributed by atoms with E-state index in [1.165, 1.54) is 0 Å². The molecule has 1 aliphatic heterocycles. The van der Waals surface area contributed by atoms with E-state index in [-0.39, 0.29) is 17.1 Å². The molecule has 0 spiro atoms. The molecule has 1 amide bonds. The number of hydrogen-bond donors (Lipinski definition) is 0. The Morgan fingerprint density at radius 1 is 0.914 bits per heavy atom. The number of carbonyl (C=O) groups is 1. The third kappa shape index (κ3) is 4.57. The van der Waals surface area contributed by atoms with Crippen molar-refractivity contribution in [2.75, 3.05) is 27.2 Å². The van der Waals surface area contributed by atoms with Crippen LogP contribution in [-0.2, 0) is 6.61 Å². The first-order chi connectivity index (χ1) is 17.0. The van der Waals surface area contributed by atoms with Crippen molar-refractivity contribution >= 4 is 16.9 Å². The standard InChI is InChI=1S/C29H28N2O4/c1-30(2)17-8-18-31-26(21-13-15-22(16-14-21)34-19-20-9-4-3-5-10-20)25-27(32)23-11-6-7-12-24(23)35-28(25)29(31)33/h3-7,9-16,26H,8,17-19H2,1-2H3/t26-/m1/s1. The maximum absolute atomic E-state index is 13.5. The summed E-state index contributed by atoms with van der Waals surface area (Å²) in [7, 11) is 4.01. The highest BCUT2D eigenvalue weighted by Crippen LogP contribution is 2.38. The summed E-state index contributed by atoms with van der Waals surface area (Å²) >= 11 is 0. The van der Waals surface area contributed by atoms with Gasteiger partial charge in [-0.2, -0.15) is 0 Å². The van der Waals surface area contributed by atoms with Gasteiger partial charge in [-0.25, -0.2) is 0 Å². The molecule has 178 valence electrons. The van der Waals surface area contributed by atoms with E-state index < -0.39 is 6.04 Å². The fourth-order valence-corrected chi connectivity index (χ4v) is 4.59. The van der Waals surface area contributed by atoms with Crippen molar-refractivity contribution < 1.29 is 13.9 Å². The van der Waals surface area contributed by atoms with Gasteiger partial charge in [0.15, 0.2) is 5.43 Å². The maximum Gasteiger partial charge on any atom is 0.290 e. The summed E-state index contributed by atoms with van der Waals surface area (Å²) < 4.78 is 11.9. The molecule has 2 heterocycles. The monoisotopic (exact) mass is 468 g/mol. The fraction of sp³-hybridized carbons (Fsp3) is 0.241. The van der Waals surface area contributed by atoms with E-state index in [0.29, 0.717) is 29.7 Å². The Bertz CT molecular complexity index is 1390. The molecule has 6 heteroatoms. The smallest absolute Gasteiger partial charge is 0.290 e. The largest absolute Gasteiger partial charge is 0.489 e. The molecule has 0 saturated carbocycles. The van der Waals surface area contributed by atoms with Crippen molar-refractivity contribution in [3.63, 3.8) is 0 Å². The zero-order chi connectivity index (χ0) is 24.4. The Balaban J connectivity index is 1.49. The molecule has 0 saturated heterocycles. The fourth-order valence-electron chi connectivity index (χ4n) is 4.59. The Kier molecular flexibility index (Phi) is 6.38. The molecule has 5 rings (SSSR count). The molecule has 1 aliphatic rings. The minimum atomic E-state index is -0.497. The van der Waals surface area contributed by atoms with Crippen molar-refractivity contribution in [1.29, 1.82) is 0 Å². The number of ether oxygens (including phenoxy) is 1. The summed E-state index contributed by atoms with van der Waals surface area (Å²) in [5.41, 5.74) is 2.64. The summed E-state index contributed by atoms with van der Waals surface area (Å²) in [5.74, 6) is 0.635. The van der Waals surface area contributed by atoms with Crippen LogP contribution in [0, 0.1) is 0 Å². The van der Waals surface area contributed by atoms with Gasteiger partial charge in [0.1, 0.15) is 17.9 Å². The summed E-state index contributed by atoms with van der Waals surface area (Å²) in [6, 6.07) is 24.2. The number of amides is 1. The number of carbonyl (C=O) groups excluding carboxylic acids is 1. The number of hydrogen-bond acceptors (Lipinski definition) is 5. The van der Waals surface area contributed by atoms with Crippen LogP contribution in [0.25, 0.3) is 11.0 Å². The quantitative estimate of drug-likeness (QED) is 0.369. The lowest BCUT2D eigenvalue weighted by Crippen LogP contribution is -2.32. The van der Waals surface area contributed by atoms with Crippen molar-refractivity contribution in [1.82, 2.24) is 9.80 Å². The van der Waals surface area contributed by atoms with E-state index in [2.05, 4.69) is 4.90 Å². The molecule has 0 unspecified atom stereocenters. The predicted octanol–water partition coefficient (Wildman–Crippen LogP) is 4.87. The van der Waals surface area contributed by atoms with Gasteiger partial charge in [-0.15, -0.1) is 0 Å². The average molecular weight is 469 g/mol. The van der Waals surface area contributed by atoms with Gasteiger partial charge in [0.2, 0.25) is 5.76 Å². The first-order valence-corrected chi connectivity index (χ1v) is 11.8. The van der Waals surface area contributed by atoms with E-state index in [1.54, 1.807) is 23.1 Å². The van der Waals surface area contributed by atoms with E-state index in [9.17, 15) is 9.59 Å². The number of benzene rings is 3. The van der Waals surface area contributed by atoms with Gasteiger partial charge in [0, 0.05) is 6.54 Å². The lowest BCUT2D eigenvalue weighted by atomic mass is 9.98. The highest BCUT2D eigenvalue weighted by molar-refractivity contribution is 5.99. The first-order valence-electron chi connectivity index (χ1n) is 11.8. The molecule has 0 radical (unpaired) electrons. The number of rotatable bonds is 8. The summed E-state index contributed by atoms with van der Waals surface area (Å²) in [4.78, 5) is 30.8. The second-order valence-corrected chi connectivity index (χ2v) is 9.07. The minimum Gasteiger partial charge on any atom is -0.489 e. The SMILES string of the molecule is CN(C)CCCN1C(=O)c2oc3ccccc3c(=O)c2[C@H]1c1ccc(OCc2ccccc2)cc1. The van der Waals surface area contributed by atoms with Gasteiger partial charge in [-0.05, 0) is 62.5 Å². The van der Waals surface area contributed by atoms with Crippen LogP contribution < -0.4 is 10.2 Å². The van der Waals surface area contributed by atoms with Gasteiger partial charge in [0.05, 0.1) is 17.0 Å². The molecular weight excluding hydrogens is 440 g/mol. The van der Waals surface area contributed by atoms with Gasteiger partial charge in [0.25, 0.3) is 5.91 Å². The van der Waals surface area contributed by atoms with Crippen molar-refractivity contribution in [2.24, 2.45) is 0 Å². The van der Waals surface area contributed by atoms with Crippen LogP contribution in [0.1, 0.15) is 39.7 Å². The second kappa shape index (κ2) is 9.76. The van der Waals surface area contributed by atoms with Crippen LogP contribution in [0.5, 0.6) is 5.75 Å². The van der Waals surface area contributed by atoms with Crippen LogP contribution in [0.4, 0.5) is 0 Å². The van der Waals surface area contributed by atoms with Crippen LogP contribution in [0.3, 0.4) is 0 Å². The molecule has 0 bridgehead atoms. The Morgan fingerprint density at radius 3 is 2.37 bits per heavy atom. The molecular formula is C29H28N2O4. The number of fused-ring (bicyclic) bond motifs is 2. The molecule has 4 aromatic rings. The van der Waals surface area contributed by atoms with Crippen molar-refractivity contribution in [3.8, 4) is 5.75 Å². The topological polar surface area (TPSA) is 63.0 Å². The number of para-hydroxylation sites is 1. The first kappa shape index (κ1) is 22.9. The molecule has 35 heavy (non-hydrogen) atoms. The predicted molar refractivity (Wildman–Crippen MR) is 136 cm³/mol.